The number of fused-ring (bicyclic) bond motifs is 5. The molecule has 0 atom stereocenters. The first kappa shape index (κ1) is 15.9. The van der Waals surface area contributed by atoms with Crippen LogP contribution in [0.2, 0.25) is 0 Å². The fraction of sp³-hybridized carbons (Fsp3) is 0.273. The molecule has 1 fully saturated rings. The molecule has 5 rings (SSSR count). The van der Waals surface area contributed by atoms with Crippen LogP contribution in [0.4, 0.5) is 0 Å². The topological polar surface area (TPSA) is 31.6 Å². The molecule has 0 radical (unpaired) electrons. The van der Waals surface area contributed by atoms with E-state index in [9.17, 15) is 0 Å². The highest BCUT2D eigenvalue weighted by Gasteiger charge is 2.51. The third-order valence-corrected chi connectivity index (χ3v) is 5.91. The quantitative estimate of drug-likeness (QED) is 0.454. The largest absolute Gasteiger partial charge is 0.494 e. The molecule has 0 amide bonds. The van der Waals surface area contributed by atoms with Crippen LogP contribution in [0.25, 0.3) is 32.7 Å². The maximum absolute atomic E-state index is 6.19. The fourth-order valence-electron chi connectivity index (χ4n) is 3.66. The Hall–Kier alpha value is -2.30. The van der Waals surface area contributed by atoms with Gasteiger partial charge in [0.15, 0.2) is 0 Å². The first-order valence-corrected chi connectivity index (χ1v) is 9.05. The second-order valence-corrected chi connectivity index (χ2v) is 8.11. The SMILES string of the molecule is CC1(C)OB(c2ccc3c(ccc4c5ccccc5oc34)c2)OC1(C)C. The standard InChI is InChI=1S/C22H21BO3/c1-21(2)22(3,4)26-23(25-21)15-10-12-16-14(13-15)9-11-18-17-7-5-6-8-19(17)24-20(16)18/h5-13H,1-4H3. The number of hydrogen-bond acceptors (Lipinski definition) is 3. The van der Waals surface area contributed by atoms with E-state index in [-0.39, 0.29) is 18.3 Å². The van der Waals surface area contributed by atoms with Gasteiger partial charge in [-0.3, -0.25) is 0 Å². The summed E-state index contributed by atoms with van der Waals surface area (Å²) in [6.07, 6.45) is 0. The maximum atomic E-state index is 6.19. The highest BCUT2D eigenvalue weighted by molar-refractivity contribution is 6.62. The van der Waals surface area contributed by atoms with Gasteiger partial charge in [-0.2, -0.15) is 0 Å². The van der Waals surface area contributed by atoms with Crippen LogP contribution in [0.3, 0.4) is 0 Å². The lowest BCUT2D eigenvalue weighted by atomic mass is 9.78. The molecule has 0 N–H and O–H groups in total. The normalized spacial score (nSPS) is 19.0. The number of para-hydroxylation sites is 1. The van der Waals surface area contributed by atoms with Crippen molar-refractivity contribution in [3.63, 3.8) is 0 Å². The number of rotatable bonds is 1. The van der Waals surface area contributed by atoms with Gasteiger partial charge < -0.3 is 13.7 Å². The second-order valence-electron chi connectivity index (χ2n) is 8.11. The monoisotopic (exact) mass is 344 g/mol. The summed E-state index contributed by atoms with van der Waals surface area (Å²) in [6, 6.07) is 18.8. The number of furan rings is 1. The molecule has 3 aromatic carbocycles. The van der Waals surface area contributed by atoms with E-state index in [4.69, 9.17) is 13.7 Å². The minimum atomic E-state index is -0.351. The zero-order valence-corrected chi connectivity index (χ0v) is 15.5. The van der Waals surface area contributed by atoms with Crippen molar-refractivity contribution in [3.8, 4) is 0 Å². The van der Waals surface area contributed by atoms with Gasteiger partial charge in [0, 0.05) is 16.2 Å². The summed E-state index contributed by atoms with van der Waals surface area (Å²) >= 11 is 0. The van der Waals surface area contributed by atoms with E-state index in [0.29, 0.717) is 0 Å². The molecule has 0 aliphatic carbocycles. The van der Waals surface area contributed by atoms with E-state index < -0.39 is 0 Å². The van der Waals surface area contributed by atoms with E-state index in [0.717, 1.165) is 38.2 Å². The molecular formula is C22H21BO3. The first-order chi connectivity index (χ1) is 12.4. The molecule has 4 aromatic rings. The van der Waals surface area contributed by atoms with Crippen LogP contribution >= 0.6 is 0 Å². The molecule has 4 heteroatoms. The van der Waals surface area contributed by atoms with E-state index >= 15 is 0 Å². The average Bonchev–Trinajstić information content (AvgIpc) is 3.08. The summed E-state index contributed by atoms with van der Waals surface area (Å²) < 4.78 is 18.5. The van der Waals surface area contributed by atoms with Crippen molar-refractivity contribution < 1.29 is 13.7 Å². The average molecular weight is 344 g/mol. The lowest BCUT2D eigenvalue weighted by molar-refractivity contribution is 0.00578. The second kappa shape index (κ2) is 5.12. The van der Waals surface area contributed by atoms with E-state index in [2.05, 4.69) is 64.1 Å². The first-order valence-electron chi connectivity index (χ1n) is 9.05. The van der Waals surface area contributed by atoms with Gasteiger partial charge >= 0.3 is 7.12 Å². The minimum absolute atomic E-state index is 0.338. The van der Waals surface area contributed by atoms with Gasteiger partial charge in [-0.25, -0.2) is 0 Å². The summed E-state index contributed by atoms with van der Waals surface area (Å²) in [5.41, 5.74) is 2.21. The van der Waals surface area contributed by atoms with Gasteiger partial charge in [0.25, 0.3) is 0 Å². The molecule has 3 nitrogen and oxygen atoms in total. The van der Waals surface area contributed by atoms with E-state index in [1.807, 2.05) is 18.2 Å². The molecule has 0 unspecified atom stereocenters. The van der Waals surface area contributed by atoms with Crippen molar-refractivity contribution in [3.05, 3.63) is 54.6 Å². The van der Waals surface area contributed by atoms with Gasteiger partial charge in [0.1, 0.15) is 11.2 Å². The fourth-order valence-corrected chi connectivity index (χ4v) is 3.66. The van der Waals surface area contributed by atoms with E-state index in [1.54, 1.807) is 0 Å². The molecular weight excluding hydrogens is 323 g/mol. The molecule has 1 saturated heterocycles. The van der Waals surface area contributed by atoms with Gasteiger partial charge in [0.05, 0.1) is 11.2 Å². The van der Waals surface area contributed by atoms with Crippen molar-refractivity contribution in [2.24, 2.45) is 0 Å². The van der Waals surface area contributed by atoms with Crippen LogP contribution in [-0.4, -0.2) is 18.3 Å². The van der Waals surface area contributed by atoms with Crippen molar-refractivity contribution in [2.45, 2.75) is 38.9 Å². The lowest BCUT2D eigenvalue weighted by Crippen LogP contribution is -2.41. The summed E-state index contributed by atoms with van der Waals surface area (Å²) in [6.45, 7) is 8.30. The summed E-state index contributed by atoms with van der Waals surface area (Å²) in [5, 5.41) is 4.54. The molecule has 0 bridgehead atoms. The zero-order chi connectivity index (χ0) is 18.1. The molecule has 1 aromatic heterocycles. The highest BCUT2D eigenvalue weighted by atomic mass is 16.7. The predicted octanol–water partition coefficient (Wildman–Crippen LogP) is 5.04. The summed E-state index contributed by atoms with van der Waals surface area (Å²) in [4.78, 5) is 0. The smallest absolute Gasteiger partial charge is 0.455 e. The molecule has 1 aliphatic rings. The van der Waals surface area contributed by atoms with Gasteiger partial charge in [0.2, 0.25) is 0 Å². The minimum Gasteiger partial charge on any atom is -0.455 e. The predicted molar refractivity (Wildman–Crippen MR) is 107 cm³/mol. The van der Waals surface area contributed by atoms with Crippen LogP contribution in [0, 0.1) is 0 Å². The van der Waals surface area contributed by atoms with E-state index in [1.165, 1.54) is 0 Å². The van der Waals surface area contributed by atoms with Crippen molar-refractivity contribution in [1.29, 1.82) is 0 Å². The zero-order valence-electron chi connectivity index (χ0n) is 15.5. The Morgan fingerprint density at radius 3 is 2.19 bits per heavy atom. The summed E-state index contributed by atoms with van der Waals surface area (Å²) in [5.74, 6) is 0. The summed E-state index contributed by atoms with van der Waals surface area (Å²) in [7, 11) is -0.351. The van der Waals surface area contributed by atoms with Gasteiger partial charge in [-0.05, 0) is 50.7 Å². The highest BCUT2D eigenvalue weighted by Crippen LogP contribution is 2.37. The molecule has 1 aliphatic heterocycles. The third kappa shape index (κ3) is 2.16. The molecule has 0 spiro atoms. The van der Waals surface area contributed by atoms with Crippen molar-refractivity contribution in [2.75, 3.05) is 0 Å². The Balaban J connectivity index is 1.65. The van der Waals surface area contributed by atoms with Crippen molar-refractivity contribution in [1.82, 2.24) is 0 Å². The number of hydrogen-bond donors (Lipinski definition) is 0. The Kier molecular flexibility index (Phi) is 3.14. The maximum Gasteiger partial charge on any atom is 0.494 e. The Morgan fingerprint density at radius 2 is 1.42 bits per heavy atom. The van der Waals surface area contributed by atoms with Crippen LogP contribution in [0.1, 0.15) is 27.7 Å². The molecule has 0 saturated carbocycles. The van der Waals surface area contributed by atoms with Crippen molar-refractivity contribution >= 4 is 45.3 Å². The Labute approximate surface area is 153 Å². The van der Waals surface area contributed by atoms with Crippen LogP contribution in [-0.2, 0) is 9.31 Å². The van der Waals surface area contributed by atoms with Crippen LogP contribution in [0.5, 0.6) is 0 Å². The lowest BCUT2D eigenvalue weighted by Gasteiger charge is -2.32. The third-order valence-electron chi connectivity index (χ3n) is 5.91. The Bertz CT molecular complexity index is 1140. The van der Waals surface area contributed by atoms with Crippen LogP contribution in [0.15, 0.2) is 59.0 Å². The molecule has 26 heavy (non-hydrogen) atoms. The van der Waals surface area contributed by atoms with Gasteiger partial charge in [-0.15, -0.1) is 0 Å². The molecule has 2 heterocycles. The van der Waals surface area contributed by atoms with Gasteiger partial charge in [-0.1, -0.05) is 42.5 Å². The Morgan fingerprint density at radius 1 is 0.731 bits per heavy atom. The molecule has 130 valence electrons. The van der Waals surface area contributed by atoms with Crippen LogP contribution < -0.4 is 5.46 Å². The number of benzene rings is 3.